The van der Waals surface area contributed by atoms with Gasteiger partial charge in [-0.25, -0.2) is 0 Å². The number of carbonyl (C=O) groups excluding carboxylic acids is 1. The Morgan fingerprint density at radius 2 is 1.90 bits per heavy atom. The van der Waals surface area contributed by atoms with Gasteiger partial charge in [-0.15, -0.1) is 0 Å². The number of hydrogen-bond acceptors (Lipinski definition) is 3. The van der Waals surface area contributed by atoms with Crippen LogP contribution in [0.4, 0.5) is 13.2 Å². The second kappa shape index (κ2) is 7.26. The quantitative estimate of drug-likeness (QED) is 0.841. The van der Waals surface area contributed by atoms with Gasteiger partial charge in [-0.05, 0) is 25.7 Å². The van der Waals surface area contributed by atoms with Crippen molar-refractivity contribution in [2.24, 2.45) is 17.6 Å². The van der Waals surface area contributed by atoms with Gasteiger partial charge in [0.25, 0.3) is 0 Å². The summed E-state index contributed by atoms with van der Waals surface area (Å²) in [5.74, 6) is -1.68. The molecule has 0 radical (unpaired) electrons. The lowest BCUT2D eigenvalue weighted by atomic mass is 9.81. The number of likely N-dealkylation sites (N-methyl/N-ethyl adjacent to an activating group) is 1. The van der Waals surface area contributed by atoms with E-state index in [0.717, 1.165) is 0 Å². The van der Waals surface area contributed by atoms with Gasteiger partial charge in [0.05, 0.1) is 12.5 Å². The molecular weight excluding hydrogens is 273 g/mol. The number of nitrogens with two attached hydrogens (primary N) is 1. The summed E-state index contributed by atoms with van der Waals surface area (Å²) in [6.45, 7) is 0.699. The lowest BCUT2D eigenvalue weighted by Gasteiger charge is -2.32. The molecule has 0 spiro atoms. The maximum atomic E-state index is 12.6. The number of carbonyl (C=O) groups is 1. The number of alkyl halides is 3. The molecule has 0 aromatic rings. The van der Waals surface area contributed by atoms with E-state index in [-0.39, 0.29) is 30.7 Å². The van der Waals surface area contributed by atoms with E-state index in [0.29, 0.717) is 26.0 Å². The first kappa shape index (κ1) is 17.2. The molecule has 0 bridgehead atoms. The summed E-state index contributed by atoms with van der Waals surface area (Å²) in [5.41, 5.74) is 5.76. The number of hydrogen-bond donors (Lipinski definition) is 1. The van der Waals surface area contributed by atoms with Gasteiger partial charge in [0, 0.05) is 32.7 Å². The van der Waals surface area contributed by atoms with Crippen molar-refractivity contribution < 1.29 is 22.7 Å². The highest BCUT2D eigenvalue weighted by Crippen LogP contribution is 2.39. The lowest BCUT2D eigenvalue weighted by molar-refractivity contribution is -0.185. The summed E-state index contributed by atoms with van der Waals surface area (Å²) >= 11 is 0. The minimum Gasteiger partial charge on any atom is -0.383 e. The Balaban J connectivity index is 2.42. The standard InChI is InChI=1S/C13H23F3N2O2/c1-18(7-11(17)8-20-2)12(19)9-3-5-10(6-4-9)13(14,15)16/h9-11H,3-8,17H2,1-2H3. The van der Waals surface area contributed by atoms with Gasteiger partial charge in [-0.1, -0.05) is 0 Å². The molecule has 0 aromatic heterocycles. The summed E-state index contributed by atoms with van der Waals surface area (Å²) in [6.07, 6.45) is -3.46. The maximum Gasteiger partial charge on any atom is 0.391 e. The molecule has 1 fully saturated rings. The van der Waals surface area contributed by atoms with Crippen LogP contribution in [0.2, 0.25) is 0 Å². The maximum absolute atomic E-state index is 12.6. The summed E-state index contributed by atoms with van der Waals surface area (Å²) in [4.78, 5) is 13.6. The first-order chi connectivity index (χ1) is 9.25. The number of rotatable bonds is 5. The van der Waals surface area contributed by atoms with Crippen molar-refractivity contribution in [2.45, 2.75) is 37.9 Å². The average molecular weight is 296 g/mol. The van der Waals surface area contributed by atoms with Crippen LogP contribution in [0.15, 0.2) is 0 Å². The molecule has 7 heteroatoms. The van der Waals surface area contributed by atoms with E-state index in [4.69, 9.17) is 10.5 Å². The summed E-state index contributed by atoms with van der Waals surface area (Å²) in [7, 11) is 3.16. The van der Waals surface area contributed by atoms with Crippen molar-refractivity contribution in [3.63, 3.8) is 0 Å². The van der Waals surface area contributed by atoms with Gasteiger partial charge < -0.3 is 15.4 Å². The number of nitrogens with zero attached hydrogens (tertiary/aromatic N) is 1. The highest BCUT2D eigenvalue weighted by Gasteiger charge is 2.42. The number of methoxy groups -OCH3 is 1. The molecular formula is C13H23F3N2O2. The van der Waals surface area contributed by atoms with Crippen molar-refractivity contribution in [1.29, 1.82) is 0 Å². The van der Waals surface area contributed by atoms with Gasteiger partial charge in [0.1, 0.15) is 0 Å². The Hall–Kier alpha value is -0.820. The molecule has 20 heavy (non-hydrogen) atoms. The van der Waals surface area contributed by atoms with E-state index in [1.807, 2.05) is 0 Å². The third kappa shape index (κ3) is 4.94. The predicted octanol–water partition coefficient (Wildman–Crippen LogP) is 1.79. The summed E-state index contributed by atoms with van der Waals surface area (Å²) in [6, 6.07) is -0.277. The molecule has 1 atom stereocenters. The van der Waals surface area contributed by atoms with Crippen LogP contribution in [-0.4, -0.2) is 50.3 Å². The molecule has 1 rings (SSSR count). The van der Waals surface area contributed by atoms with Crippen molar-refractivity contribution in [2.75, 3.05) is 27.3 Å². The molecule has 2 N–H and O–H groups in total. The SMILES string of the molecule is COCC(N)CN(C)C(=O)C1CCC(C(F)(F)F)CC1. The molecule has 1 aliphatic carbocycles. The third-order valence-electron chi connectivity index (χ3n) is 3.80. The molecule has 1 unspecified atom stereocenters. The fraction of sp³-hybridized carbons (Fsp3) is 0.923. The first-order valence-corrected chi connectivity index (χ1v) is 6.82. The fourth-order valence-corrected chi connectivity index (χ4v) is 2.69. The van der Waals surface area contributed by atoms with Gasteiger partial charge in [0.2, 0.25) is 5.91 Å². The Kier molecular flexibility index (Phi) is 6.26. The zero-order valence-corrected chi connectivity index (χ0v) is 11.9. The minimum absolute atomic E-state index is 0.0396. The smallest absolute Gasteiger partial charge is 0.383 e. The molecule has 0 aromatic carbocycles. The van der Waals surface area contributed by atoms with Crippen LogP contribution in [0.25, 0.3) is 0 Å². The second-order valence-corrected chi connectivity index (χ2v) is 5.52. The van der Waals surface area contributed by atoms with Crippen LogP contribution in [-0.2, 0) is 9.53 Å². The normalized spacial score (nSPS) is 25.3. The van der Waals surface area contributed by atoms with Crippen LogP contribution >= 0.6 is 0 Å². The number of halogens is 3. The van der Waals surface area contributed by atoms with Crippen molar-refractivity contribution in [3.8, 4) is 0 Å². The topological polar surface area (TPSA) is 55.6 Å². The first-order valence-electron chi connectivity index (χ1n) is 6.82. The van der Waals surface area contributed by atoms with Crippen LogP contribution in [0.5, 0.6) is 0 Å². The minimum atomic E-state index is -4.14. The lowest BCUT2D eigenvalue weighted by Crippen LogP contribution is -2.44. The zero-order valence-electron chi connectivity index (χ0n) is 11.9. The van der Waals surface area contributed by atoms with E-state index < -0.39 is 12.1 Å². The summed E-state index contributed by atoms with van der Waals surface area (Å²) < 4.78 is 42.6. The van der Waals surface area contributed by atoms with E-state index in [9.17, 15) is 18.0 Å². The average Bonchev–Trinajstić information content (AvgIpc) is 2.37. The summed E-state index contributed by atoms with van der Waals surface area (Å²) in [5, 5.41) is 0. The molecule has 118 valence electrons. The predicted molar refractivity (Wildman–Crippen MR) is 69.0 cm³/mol. The van der Waals surface area contributed by atoms with Gasteiger partial charge >= 0.3 is 6.18 Å². The van der Waals surface area contributed by atoms with E-state index in [2.05, 4.69) is 0 Å². The molecule has 4 nitrogen and oxygen atoms in total. The van der Waals surface area contributed by atoms with Crippen LogP contribution in [0, 0.1) is 11.8 Å². The molecule has 0 saturated heterocycles. The van der Waals surface area contributed by atoms with Crippen molar-refractivity contribution in [3.05, 3.63) is 0 Å². The van der Waals surface area contributed by atoms with Crippen LogP contribution in [0.1, 0.15) is 25.7 Å². The van der Waals surface area contributed by atoms with Crippen LogP contribution < -0.4 is 5.73 Å². The van der Waals surface area contributed by atoms with E-state index in [1.54, 1.807) is 7.05 Å². The monoisotopic (exact) mass is 296 g/mol. The Morgan fingerprint density at radius 3 is 2.35 bits per heavy atom. The third-order valence-corrected chi connectivity index (χ3v) is 3.80. The second-order valence-electron chi connectivity index (χ2n) is 5.52. The Morgan fingerprint density at radius 1 is 1.35 bits per heavy atom. The highest BCUT2D eigenvalue weighted by atomic mass is 19.4. The van der Waals surface area contributed by atoms with Gasteiger partial charge in [-0.2, -0.15) is 13.2 Å². The highest BCUT2D eigenvalue weighted by molar-refractivity contribution is 5.78. The Bertz CT molecular complexity index is 315. The van der Waals surface area contributed by atoms with Crippen molar-refractivity contribution >= 4 is 5.91 Å². The van der Waals surface area contributed by atoms with Gasteiger partial charge in [-0.3, -0.25) is 4.79 Å². The molecule has 0 aliphatic heterocycles. The zero-order chi connectivity index (χ0) is 15.3. The van der Waals surface area contributed by atoms with Crippen LogP contribution in [0.3, 0.4) is 0 Å². The molecule has 1 saturated carbocycles. The van der Waals surface area contributed by atoms with Gasteiger partial charge in [0.15, 0.2) is 0 Å². The molecule has 1 aliphatic rings. The van der Waals surface area contributed by atoms with E-state index >= 15 is 0 Å². The largest absolute Gasteiger partial charge is 0.391 e. The van der Waals surface area contributed by atoms with E-state index in [1.165, 1.54) is 12.0 Å². The Labute approximate surface area is 117 Å². The molecule has 1 amide bonds. The fourth-order valence-electron chi connectivity index (χ4n) is 2.69. The van der Waals surface area contributed by atoms with Crippen molar-refractivity contribution in [1.82, 2.24) is 4.90 Å². The number of amides is 1. The number of ether oxygens (including phenoxy) is 1. The molecule has 0 heterocycles.